The molecule has 0 aromatic heterocycles. The maximum atomic E-state index is 12.4. The van der Waals surface area contributed by atoms with E-state index in [1.165, 1.54) is 18.2 Å². The Labute approximate surface area is 168 Å². The molecule has 0 spiro atoms. The van der Waals surface area contributed by atoms with Gasteiger partial charge in [0, 0.05) is 25.2 Å². The van der Waals surface area contributed by atoms with Gasteiger partial charge >= 0.3 is 5.97 Å². The molecule has 0 bridgehead atoms. The molecule has 1 N–H and O–H groups in total. The predicted molar refractivity (Wildman–Crippen MR) is 108 cm³/mol. The van der Waals surface area contributed by atoms with Gasteiger partial charge in [0.2, 0.25) is 0 Å². The molecular weight excluding hydrogens is 374 g/mol. The Hall–Kier alpha value is -3.42. The Kier molecular flexibility index (Phi) is 6.43. The second-order valence-corrected chi connectivity index (χ2v) is 6.88. The van der Waals surface area contributed by atoms with Crippen molar-refractivity contribution in [1.82, 2.24) is 4.90 Å². The lowest BCUT2D eigenvalue weighted by molar-refractivity contribution is -0.384. The van der Waals surface area contributed by atoms with Crippen molar-refractivity contribution >= 4 is 23.3 Å². The highest BCUT2D eigenvalue weighted by molar-refractivity contribution is 5.93. The Bertz CT molecular complexity index is 896. The number of carbonyl (C=O) groups excluding carboxylic acids is 2. The minimum Gasteiger partial charge on any atom is -0.452 e. The summed E-state index contributed by atoms with van der Waals surface area (Å²) in [5, 5.41) is 14.4. The van der Waals surface area contributed by atoms with E-state index in [0.717, 1.165) is 18.4 Å². The molecule has 1 fully saturated rings. The van der Waals surface area contributed by atoms with Crippen LogP contribution in [-0.4, -0.2) is 40.9 Å². The number of benzene rings is 2. The summed E-state index contributed by atoms with van der Waals surface area (Å²) in [5.74, 6) is -1.10. The van der Waals surface area contributed by atoms with Crippen LogP contribution in [0, 0.1) is 10.1 Å². The van der Waals surface area contributed by atoms with E-state index in [1.807, 2.05) is 37.3 Å². The smallest absolute Gasteiger partial charge is 0.338 e. The minimum atomic E-state index is -0.768. The zero-order valence-electron chi connectivity index (χ0n) is 16.2. The number of nitrogens with one attached hydrogen (secondary N) is 1. The normalized spacial score (nSPS) is 12.9. The number of hydrogen-bond acceptors (Lipinski definition) is 6. The van der Waals surface area contributed by atoms with Crippen LogP contribution in [-0.2, 0) is 16.1 Å². The van der Waals surface area contributed by atoms with Gasteiger partial charge in [0.1, 0.15) is 5.69 Å². The monoisotopic (exact) mass is 397 g/mol. The van der Waals surface area contributed by atoms with E-state index in [2.05, 4.69) is 5.32 Å². The summed E-state index contributed by atoms with van der Waals surface area (Å²) >= 11 is 0. The van der Waals surface area contributed by atoms with Crippen molar-refractivity contribution in [3.63, 3.8) is 0 Å². The summed E-state index contributed by atoms with van der Waals surface area (Å²) in [6.07, 6.45) is 1.94. The number of nitro benzene ring substituents is 1. The van der Waals surface area contributed by atoms with Crippen LogP contribution >= 0.6 is 0 Å². The molecule has 8 heteroatoms. The van der Waals surface area contributed by atoms with Gasteiger partial charge in [-0.1, -0.05) is 30.3 Å². The van der Waals surface area contributed by atoms with E-state index in [4.69, 9.17) is 4.74 Å². The highest BCUT2D eigenvalue weighted by atomic mass is 16.6. The number of rotatable bonds is 9. The number of anilines is 1. The summed E-state index contributed by atoms with van der Waals surface area (Å²) in [6.45, 7) is 2.31. The number of likely N-dealkylation sites (N-methyl/N-ethyl adjacent to an activating group) is 1. The zero-order chi connectivity index (χ0) is 20.8. The van der Waals surface area contributed by atoms with Gasteiger partial charge in [-0.05, 0) is 37.5 Å². The Morgan fingerprint density at radius 1 is 1.21 bits per heavy atom. The van der Waals surface area contributed by atoms with Crippen molar-refractivity contribution < 1.29 is 19.2 Å². The molecule has 0 saturated heterocycles. The fourth-order valence-corrected chi connectivity index (χ4v) is 2.86. The lowest BCUT2D eigenvalue weighted by atomic mass is 10.1. The third-order valence-electron chi connectivity index (χ3n) is 4.64. The van der Waals surface area contributed by atoms with E-state index in [0.29, 0.717) is 18.8 Å². The molecule has 8 nitrogen and oxygen atoms in total. The van der Waals surface area contributed by atoms with E-state index in [-0.39, 0.29) is 23.2 Å². The SMILES string of the molecule is CCN(Cc1ccccc1)C(=O)COC(=O)c1ccc(NC2CC2)c([N+](=O)[O-])c1. The summed E-state index contributed by atoms with van der Waals surface area (Å²) in [5.41, 5.74) is 1.21. The van der Waals surface area contributed by atoms with E-state index < -0.39 is 17.5 Å². The molecule has 2 aromatic carbocycles. The van der Waals surface area contributed by atoms with Crippen LogP contribution in [0.15, 0.2) is 48.5 Å². The number of esters is 1. The molecule has 152 valence electrons. The summed E-state index contributed by atoms with van der Waals surface area (Å²) < 4.78 is 5.11. The van der Waals surface area contributed by atoms with Gasteiger partial charge < -0.3 is 15.0 Å². The van der Waals surface area contributed by atoms with Crippen molar-refractivity contribution in [2.24, 2.45) is 0 Å². The van der Waals surface area contributed by atoms with Crippen molar-refractivity contribution in [2.75, 3.05) is 18.5 Å². The van der Waals surface area contributed by atoms with Crippen LogP contribution < -0.4 is 5.32 Å². The quantitative estimate of drug-likeness (QED) is 0.395. The first kappa shape index (κ1) is 20.3. The van der Waals surface area contributed by atoms with Crippen LogP contribution in [0.2, 0.25) is 0 Å². The number of nitrogens with zero attached hydrogens (tertiary/aromatic N) is 2. The zero-order valence-corrected chi connectivity index (χ0v) is 16.2. The Balaban J connectivity index is 1.61. The summed E-state index contributed by atoms with van der Waals surface area (Å²) in [6, 6.07) is 13.9. The largest absolute Gasteiger partial charge is 0.452 e. The first-order chi connectivity index (χ1) is 14.0. The second-order valence-electron chi connectivity index (χ2n) is 6.88. The second kappa shape index (κ2) is 9.18. The average molecular weight is 397 g/mol. The van der Waals surface area contributed by atoms with E-state index >= 15 is 0 Å². The number of nitro groups is 1. The Morgan fingerprint density at radius 2 is 1.93 bits per heavy atom. The van der Waals surface area contributed by atoms with Crippen LogP contribution in [0.1, 0.15) is 35.7 Å². The maximum Gasteiger partial charge on any atom is 0.338 e. The van der Waals surface area contributed by atoms with Crippen molar-refractivity contribution in [3.8, 4) is 0 Å². The van der Waals surface area contributed by atoms with Crippen LogP contribution in [0.4, 0.5) is 11.4 Å². The molecule has 1 aliphatic rings. The molecule has 0 unspecified atom stereocenters. The molecule has 3 rings (SSSR count). The highest BCUT2D eigenvalue weighted by Gasteiger charge is 2.26. The molecule has 0 aliphatic heterocycles. The number of amides is 1. The number of hydrogen-bond donors (Lipinski definition) is 1. The fourth-order valence-electron chi connectivity index (χ4n) is 2.86. The van der Waals surface area contributed by atoms with E-state index in [1.54, 1.807) is 4.90 Å². The molecular formula is C21H23N3O5. The van der Waals surface area contributed by atoms with Gasteiger partial charge in [0.15, 0.2) is 6.61 Å². The number of ether oxygens (including phenoxy) is 1. The van der Waals surface area contributed by atoms with Gasteiger partial charge in [-0.15, -0.1) is 0 Å². The first-order valence-electron chi connectivity index (χ1n) is 9.51. The minimum absolute atomic E-state index is 0.0388. The topological polar surface area (TPSA) is 102 Å². The summed E-state index contributed by atoms with van der Waals surface area (Å²) in [4.78, 5) is 37.1. The first-order valence-corrected chi connectivity index (χ1v) is 9.51. The fraction of sp³-hybridized carbons (Fsp3) is 0.333. The maximum absolute atomic E-state index is 12.4. The van der Waals surface area contributed by atoms with Crippen molar-refractivity contribution in [1.29, 1.82) is 0 Å². The van der Waals surface area contributed by atoms with E-state index in [9.17, 15) is 19.7 Å². The number of carbonyl (C=O) groups is 2. The van der Waals surface area contributed by atoms with Crippen LogP contribution in [0.25, 0.3) is 0 Å². The molecule has 0 heterocycles. The molecule has 1 saturated carbocycles. The predicted octanol–water partition coefficient (Wildman–Crippen LogP) is 3.37. The highest BCUT2D eigenvalue weighted by Crippen LogP contribution is 2.31. The third-order valence-corrected chi connectivity index (χ3v) is 4.64. The third kappa shape index (κ3) is 5.54. The Morgan fingerprint density at radius 3 is 2.55 bits per heavy atom. The lowest BCUT2D eigenvalue weighted by Crippen LogP contribution is -2.34. The molecule has 0 atom stereocenters. The molecule has 1 aliphatic carbocycles. The molecule has 0 radical (unpaired) electrons. The molecule has 1 amide bonds. The van der Waals surface area contributed by atoms with Crippen molar-refractivity contribution in [2.45, 2.75) is 32.4 Å². The van der Waals surface area contributed by atoms with Gasteiger partial charge in [0.25, 0.3) is 11.6 Å². The van der Waals surface area contributed by atoms with Gasteiger partial charge in [-0.2, -0.15) is 0 Å². The lowest BCUT2D eigenvalue weighted by Gasteiger charge is -2.20. The van der Waals surface area contributed by atoms with Gasteiger partial charge in [-0.25, -0.2) is 4.79 Å². The average Bonchev–Trinajstić information content (AvgIpc) is 3.55. The van der Waals surface area contributed by atoms with Crippen molar-refractivity contribution in [3.05, 3.63) is 69.8 Å². The van der Waals surface area contributed by atoms with Gasteiger partial charge in [0.05, 0.1) is 10.5 Å². The van der Waals surface area contributed by atoms with Crippen LogP contribution in [0.3, 0.4) is 0 Å². The molecule has 2 aromatic rings. The molecule has 29 heavy (non-hydrogen) atoms. The van der Waals surface area contributed by atoms with Gasteiger partial charge in [-0.3, -0.25) is 14.9 Å². The standard InChI is InChI=1S/C21H23N3O5/c1-2-23(13-15-6-4-3-5-7-15)20(25)14-29-21(26)16-8-11-18(22-17-9-10-17)19(12-16)24(27)28/h3-8,11-12,17,22H,2,9-10,13-14H2,1H3. The van der Waals surface area contributed by atoms with Crippen LogP contribution in [0.5, 0.6) is 0 Å². The summed E-state index contributed by atoms with van der Waals surface area (Å²) in [7, 11) is 0.